The van der Waals surface area contributed by atoms with Gasteiger partial charge in [-0.25, -0.2) is 0 Å². The van der Waals surface area contributed by atoms with Crippen molar-refractivity contribution in [2.45, 2.75) is 19.9 Å². The summed E-state index contributed by atoms with van der Waals surface area (Å²) < 4.78 is 0. The molecule has 0 radical (unpaired) electrons. The van der Waals surface area contributed by atoms with E-state index in [1.54, 1.807) is 6.92 Å². The van der Waals surface area contributed by atoms with Gasteiger partial charge in [0.05, 0.1) is 6.04 Å². The number of hydrogen-bond donors (Lipinski definition) is 0. The van der Waals surface area contributed by atoms with E-state index >= 15 is 0 Å². The van der Waals surface area contributed by atoms with Crippen LogP contribution in [0.4, 0.5) is 5.69 Å². The molecule has 1 heterocycles. The molecule has 18 heavy (non-hydrogen) atoms. The molecular weight excluding hydrogens is 248 g/mol. The Kier molecular flexibility index (Phi) is 3.93. The summed E-state index contributed by atoms with van der Waals surface area (Å²) in [6.07, 6.45) is 0. The van der Waals surface area contributed by atoms with Crippen LogP contribution >= 0.6 is 11.6 Å². The molecule has 1 aromatic rings. The van der Waals surface area contributed by atoms with E-state index in [1.165, 1.54) is 0 Å². The van der Waals surface area contributed by atoms with Gasteiger partial charge in [0, 0.05) is 30.3 Å². The number of Topliss-reactive ketones (excluding diaryl/α,β-unsaturated/α-hetero) is 1. The Hall–Kier alpha value is -1.06. The molecule has 1 fully saturated rings. The first-order valence-corrected chi connectivity index (χ1v) is 6.59. The van der Waals surface area contributed by atoms with Crippen molar-refractivity contribution < 1.29 is 4.79 Å². The lowest BCUT2D eigenvalue weighted by Crippen LogP contribution is -2.54. The Bertz CT molecular complexity index is 461. The van der Waals surface area contributed by atoms with Gasteiger partial charge in [-0.2, -0.15) is 0 Å². The standard InChI is InChI=1S/C14H19ClN2O/c1-10-12(15)5-4-6-13(10)17-8-7-16(3)14(9-17)11(2)18/h4-6,14H,7-9H2,1-3H3. The van der Waals surface area contributed by atoms with E-state index in [-0.39, 0.29) is 11.8 Å². The molecule has 1 aromatic carbocycles. The summed E-state index contributed by atoms with van der Waals surface area (Å²) in [6.45, 7) is 6.26. The number of likely N-dealkylation sites (N-methyl/N-ethyl adjacent to an activating group) is 1. The molecule has 0 amide bonds. The van der Waals surface area contributed by atoms with Crippen molar-refractivity contribution in [3.05, 3.63) is 28.8 Å². The zero-order chi connectivity index (χ0) is 13.3. The third-order valence-electron chi connectivity index (χ3n) is 3.70. The van der Waals surface area contributed by atoms with E-state index < -0.39 is 0 Å². The predicted octanol–water partition coefficient (Wildman–Crippen LogP) is 2.36. The molecule has 0 saturated carbocycles. The molecule has 0 aliphatic carbocycles. The molecule has 1 aliphatic rings. The van der Waals surface area contributed by atoms with Gasteiger partial charge in [-0.05, 0) is 38.6 Å². The molecule has 0 spiro atoms. The van der Waals surface area contributed by atoms with E-state index in [0.29, 0.717) is 0 Å². The first-order chi connectivity index (χ1) is 8.50. The van der Waals surface area contributed by atoms with Crippen molar-refractivity contribution in [3.63, 3.8) is 0 Å². The molecule has 3 nitrogen and oxygen atoms in total. The molecular formula is C14H19ClN2O. The van der Waals surface area contributed by atoms with Gasteiger partial charge in [0.25, 0.3) is 0 Å². The van der Waals surface area contributed by atoms with Gasteiger partial charge in [0.2, 0.25) is 0 Å². The van der Waals surface area contributed by atoms with Crippen LogP contribution in [0, 0.1) is 6.92 Å². The topological polar surface area (TPSA) is 23.6 Å². The van der Waals surface area contributed by atoms with Gasteiger partial charge < -0.3 is 4.90 Å². The van der Waals surface area contributed by atoms with Crippen LogP contribution in [0.5, 0.6) is 0 Å². The summed E-state index contributed by atoms with van der Waals surface area (Å²) in [4.78, 5) is 16.0. The van der Waals surface area contributed by atoms with Crippen molar-refractivity contribution in [1.82, 2.24) is 4.90 Å². The largest absolute Gasteiger partial charge is 0.368 e. The fraction of sp³-hybridized carbons (Fsp3) is 0.500. The summed E-state index contributed by atoms with van der Waals surface area (Å²) in [5.74, 6) is 0.224. The lowest BCUT2D eigenvalue weighted by molar-refractivity contribution is -0.121. The van der Waals surface area contributed by atoms with E-state index in [9.17, 15) is 4.79 Å². The molecule has 1 aliphatic heterocycles. The Morgan fingerprint density at radius 1 is 1.39 bits per heavy atom. The third kappa shape index (κ3) is 2.52. The van der Waals surface area contributed by atoms with Crippen LogP contribution in [0.2, 0.25) is 5.02 Å². The Morgan fingerprint density at radius 3 is 2.78 bits per heavy atom. The Morgan fingerprint density at radius 2 is 2.11 bits per heavy atom. The monoisotopic (exact) mass is 266 g/mol. The summed E-state index contributed by atoms with van der Waals surface area (Å²) >= 11 is 6.16. The quantitative estimate of drug-likeness (QED) is 0.821. The van der Waals surface area contributed by atoms with Crippen molar-refractivity contribution >= 4 is 23.1 Å². The SMILES string of the molecule is CC(=O)C1CN(c2cccc(Cl)c2C)CCN1C. The number of hydrogen-bond acceptors (Lipinski definition) is 3. The summed E-state index contributed by atoms with van der Waals surface area (Å²) in [6, 6.07) is 5.92. The second-order valence-corrected chi connectivity index (χ2v) is 5.34. The number of nitrogens with zero attached hydrogens (tertiary/aromatic N) is 2. The fourth-order valence-electron chi connectivity index (χ4n) is 2.47. The van der Waals surface area contributed by atoms with Crippen LogP contribution in [0.1, 0.15) is 12.5 Å². The van der Waals surface area contributed by atoms with Gasteiger partial charge in [0.15, 0.2) is 0 Å². The van der Waals surface area contributed by atoms with E-state index in [4.69, 9.17) is 11.6 Å². The molecule has 4 heteroatoms. The number of carbonyl (C=O) groups excluding carboxylic acids is 1. The summed E-state index contributed by atoms with van der Waals surface area (Å²) in [5.41, 5.74) is 2.23. The van der Waals surface area contributed by atoms with Crippen molar-refractivity contribution in [3.8, 4) is 0 Å². The number of ketones is 1. The van der Waals surface area contributed by atoms with Crippen molar-refractivity contribution in [2.24, 2.45) is 0 Å². The van der Waals surface area contributed by atoms with Crippen molar-refractivity contribution in [2.75, 3.05) is 31.6 Å². The lowest BCUT2D eigenvalue weighted by atomic mass is 10.1. The maximum absolute atomic E-state index is 11.6. The number of piperazine rings is 1. The lowest BCUT2D eigenvalue weighted by Gasteiger charge is -2.40. The Balaban J connectivity index is 2.24. The minimum Gasteiger partial charge on any atom is -0.368 e. The first kappa shape index (κ1) is 13.4. The fourth-order valence-corrected chi connectivity index (χ4v) is 2.64. The molecule has 0 N–H and O–H groups in total. The Labute approximate surface area is 113 Å². The predicted molar refractivity (Wildman–Crippen MR) is 75.5 cm³/mol. The molecule has 98 valence electrons. The first-order valence-electron chi connectivity index (χ1n) is 6.21. The maximum Gasteiger partial charge on any atom is 0.148 e. The highest BCUT2D eigenvalue weighted by atomic mass is 35.5. The van der Waals surface area contributed by atoms with E-state index in [2.05, 4.69) is 15.9 Å². The van der Waals surface area contributed by atoms with Gasteiger partial charge in [0.1, 0.15) is 5.78 Å². The number of halogens is 1. The van der Waals surface area contributed by atoms with Crippen LogP contribution < -0.4 is 4.90 Å². The normalized spacial score (nSPS) is 21.1. The molecule has 0 bridgehead atoms. The van der Waals surface area contributed by atoms with Crippen molar-refractivity contribution in [1.29, 1.82) is 0 Å². The summed E-state index contributed by atoms with van der Waals surface area (Å²) in [5, 5.41) is 0.783. The van der Waals surface area contributed by atoms with Crippen LogP contribution in [0.3, 0.4) is 0 Å². The molecule has 2 rings (SSSR count). The number of carbonyl (C=O) groups is 1. The van der Waals surface area contributed by atoms with Gasteiger partial charge in [-0.15, -0.1) is 0 Å². The highest BCUT2D eigenvalue weighted by Crippen LogP contribution is 2.28. The van der Waals surface area contributed by atoms with E-state index in [1.807, 2.05) is 26.1 Å². The van der Waals surface area contributed by atoms with Crippen LogP contribution in [0.25, 0.3) is 0 Å². The highest BCUT2D eigenvalue weighted by molar-refractivity contribution is 6.31. The number of anilines is 1. The van der Waals surface area contributed by atoms with Gasteiger partial charge in [-0.1, -0.05) is 17.7 Å². The summed E-state index contributed by atoms with van der Waals surface area (Å²) in [7, 11) is 2.01. The smallest absolute Gasteiger partial charge is 0.148 e. The zero-order valence-electron chi connectivity index (χ0n) is 11.1. The minimum atomic E-state index is -0.0165. The second-order valence-electron chi connectivity index (χ2n) is 4.94. The average molecular weight is 267 g/mol. The van der Waals surface area contributed by atoms with Gasteiger partial charge >= 0.3 is 0 Å². The van der Waals surface area contributed by atoms with Crippen LogP contribution in [-0.2, 0) is 4.79 Å². The van der Waals surface area contributed by atoms with Crippen LogP contribution in [-0.4, -0.2) is 43.4 Å². The number of benzene rings is 1. The van der Waals surface area contributed by atoms with Gasteiger partial charge in [-0.3, -0.25) is 9.69 Å². The third-order valence-corrected chi connectivity index (χ3v) is 4.11. The number of rotatable bonds is 2. The maximum atomic E-state index is 11.6. The average Bonchev–Trinajstić information content (AvgIpc) is 2.33. The highest BCUT2D eigenvalue weighted by Gasteiger charge is 2.28. The molecule has 1 unspecified atom stereocenters. The minimum absolute atomic E-state index is 0.0165. The molecule has 0 aromatic heterocycles. The second kappa shape index (κ2) is 5.29. The zero-order valence-corrected chi connectivity index (χ0v) is 11.9. The van der Waals surface area contributed by atoms with Crippen LogP contribution in [0.15, 0.2) is 18.2 Å². The van der Waals surface area contributed by atoms with E-state index in [0.717, 1.165) is 35.9 Å². The molecule has 1 atom stereocenters. The molecule has 1 saturated heterocycles.